The summed E-state index contributed by atoms with van der Waals surface area (Å²) in [5.74, 6) is 0.0844. The lowest BCUT2D eigenvalue weighted by molar-refractivity contribution is -0.127. The highest BCUT2D eigenvalue weighted by atomic mass is 35.5. The summed E-state index contributed by atoms with van der Waals surface area (Å²) in [5.41, 5.74) is 0.954. The van der Waals surface area contributed by atoms with Crippen LogP contribution in [0.4, 0.5) is 0 Å². The summed E-state index contributed by atoms with van der Waals surface area (Å²) in [4.78, 5) is 16.4. The van der Waals surface area contributed by atoms with Crippen molar-refractivity contribution in [2.45, 2.75) is 13.3 Å². The molecule has 0 saturated carbocycles. The van der Waals surface area contributed by atoms with Gasteiger partial charge in [0.25, 0.3) is 0 Å². The van der Waals surface area contributed by atoms with Crippen LogP contribution in [0, 0.1) is 0 Å². The number of nitrogens with zero attached hydrogens (tertiary/aromatic N) is 2. The Morgan fingerprint density at radius 3 is 2.70 bits per heavy atom. The van der Waals surface area contributed by atoms with Crippen LogP contribution in [0.1, 0.15) is 18.9 Å². The molecule has 0 aromatic heterocycles. The van der Waals surface area contributed by atoms with Crippen LogP contribution >= 0.6 is 11.6 Å². The first kappa shape index (κ1) is 15.1. The molecular formula is C16H21ClN2O. The number of amides is 1. The zero-order valence-electron chi connectivity index (χ0n) is 11.9. The van der Waals surface area contributed by atoms with Crippen LogP contribution in [0.15, 0.2) is 30.3 Å². The molecule has 1 fully saturated rings. The maximum Gasteiger partial charge on any atom is 0.246 e. The molecule has 0 spiro atoms. The highest BCUT2D eigenvalue weighted by Gasteiger charge is 2.18. The smallest absolute Gasteiger partial charge is 0.246 e. The lowest BCUT2D eigenvalue weighted by atomic mass is 10.2. The fourth-order valence-corrected chi connectivity index (χ4v) is 2.59. The monoisotopic (exact) mass is 292 g/mol. The van der Waals surface area contributed by atoms with Gasteiger partial charge in [-0.25, -0.2) is 0 Å². The Labute approximate surface area is 125 Å². The van der Waals surface area contributed by atoms with Gasteiger partial charge in [-0.05, 0) is 36.7 Å². The SMILES string of the molecule is CCCN1CCN(C(=O)/C=C/c2cccc(Cl)c2)CC1. The van der Waals surface area contributed by atoms with Crippen molar-refractivity contribution in [1.29, 1.82) is 0 Å². The molecule has 108 valence electrons. The van der Waals surface area contributed by atoms with E-state index in [9.17, 15) is 4.79 Å². The highest BCUT2D eigenvalue weighted by Crippen LogP contribution is 2.12. The standard InChI is InChI=1S/C16H21ClN2O/c1-2-8-18-9-11-19(12-10-18)16(20)7-6-14-4-3-5-15(17)13-14/h3-7,13H,2,8-12H2,1H3/b7-6+. The minimum Gasteiger partial charge on any atom is -0.337 e. The minimum absolute atomic E-state index is 0.0844. The fraction of sp³-hybridized carbons (Fsp3) is 0.438. The quantitative estimate of drug-likeness (QED) is 0.797. The van der Waals surface area contributed by atoms with Crippen molar-refractivity contribution < 1.29 is 4.79 Å². The van der Waals surface area contributed by atoms with Crippen LogP contribution in [0.2, 0.25) is 5.02 Å². The molecule has 0 aliphatic carbocycles. The van der Waals surface area contributed by atoms with Crippen molar-refractivity contribution in [3.63, 3.8) is 0 Å². The van der Waals surface area contributed by atoms with Gasteiger partial charge in [-0.3, -0.25) is 9.69 Å². The predicted molar refractivity (Wildman–Crippen MR) is 83.8 cm³/mol. The third-order valence-electron chi connectivity index (χ3n) is 3.49. The van der Waals surface area contributed by atoms with Gasteiger partial charge >= 0.3 is 0 Å². The van der Waals surface area contributed by atoms with Gasteiger partial charge in [0, 0.05) is 37.3 Å². The van der Waals surface area contributed by atoms with E-state index in [1.807, 2.05) is 35.2 Å². The second-order valence-electron chi connectivity index (χ2n) is 5.06. The number of hydrogen-bond donors (Lipinski definition) is 0. The second-order valence-corrected chi connectivity index (χ2v) is 5.49. The topological polar surface area (TPSA) is 23.6 Å². The van der Waals surface area contributed by atoms with E-state index in [0.717, 1.165) is 38.3 Å². The summed E-state index contributed by atoms with van der Waals surface area (Å²) in [6.45, 7) is 6.90. The lowest BCUT2D eigenvalue weighted by Crippen LogP contribution is -2.48. The molecule has 4 heteroatoms. The van der Waals surface area contributed by atoms with E-state index < -0.39 is 0 Å². The van der Waals surface area contributed by atoms with Gasteiger partial charge in [0.05, 0.1) is 0 Å². The lowest BCUT2D eigenvalue weighted by Gasteiger charge is -2.34. The van der Waals surface area contributed by atoms with E-state index in [0.29, 0.717) is 5.02 Å². The molecule has 1 aliphatic heterocycles. The van der Waals surface area contributed by atoms with E-state index in [1.165, 1.54) is 6.42 Å². The minimum atomic E-state index is 0.0844. The number of halogens is 1. The van der Waals surface area contributed by atoms with E-state index >= 15 is 0 Å². The number of rotatable bonds is 4. The fourth-order valence-electron chi connectivity index (χ4n) is 2.39. The normalized spacial score (nSPS) is 16.8. The molecule has 0 bridgehead atoms. The summed E-state index contributed by atoms with van der Waals surface area (Å²) < 4.78 is 0. The molecule has 0 radical (unpaired) electrons. The molecule has 1 heterocycles. The zero-order valence-corrected chi connectivity index (χ0v) is 12.6. The van der Waals surface area contributed by atoms with Crippen LogP contribution in [-0.4, -0.2) is 48.4 Å². The summed E-state index contributed by atoms with van der Waals surface area (Å²) in [6, 6.07) is 7.50. The van der Waals surface area contributed by atoms with Crippen LogP contribution < -0.4 is 0 Å². The summed E-state index contributed by atoms with van der Waals surface area (Å²) >= 11 is 5.92. The van der Waals surface area contributed by atoms with E-state index in [4.69, 9.17) is 11.6 Å². The Hall–Kier alpha value is -1.32. The number of carbonyl (C=O) groups excluding carboxylic acids is 1. The van der Waals surface area contributed by atoms with Gasteiger partial charge in [-0.1, -0.05) is 30.7 Å². The highest BCUT2D eigenvalue weighted by molar-refractivity contribution is 6.30. The molecule has 1 amide bonds. The summed E-state index contributed by atoms with van der Waals surface area (Å²) in [7, 11) is 0. The Morgan fingerprint density at radius 1 is 1.30 bits per heavy atom. The predicted octanol–water partition coefficient (Wildman–Crippen LogP) is 2.91. The number of hydrogen-bond acceptors (Lipinski definition) is 2. The molecule has 0 atom stereocenters. The molecule has 1 saturated heterocycles. The van der Waals surface area contributed by atoms with Crippen molar-refractivity contribution in [2.75, 3.05) is 32.7 Å². The first-order chi connectivity index (χ1) is 9.69. The van der Waals surface area contributed by atoms with Crippen molar-refractivity contribution in [1.82, 2.24) is 9.80 Å². The number of piperazine rings is 1. The molecular weight excluding hydrogens is 272 g/mol. The van der Waals surface area contributed by atoms with Gasteiger partial charge in [0.1, 0.15) is 0 Å². The molecule has 3 nitrogen and oxygen atoms in total. The van der Waals surface area contributed by atoms with Gasteiger partial charge in [0.2, 0.25) is 5.91 Å². The molecule has 2 rings (SSSR count). The van der Waals surface area contributed by atoms with Crippen LogP contribution in [0.25, 0.3) is 6.08 Å². The number of carbonyl (C=O) groups is 1. The molecule has 20 heavy (non-hydrogen) atoms. The van der Waals surface area contributed by atoms with Gasteiger partial charge in [0.15, 0.2) is 0 Å². The van der Waals surface area contributed by atoms with Gasteiger partial charge in [-0.2, -0.15) is 0 Å². The molecule has 1 aliphatic rings. The molecule has 0 N–H and O–H groups in total. The third kappa shape index (κ3) is 4.36. The van der Waals surface area contributed by atoms with Crippen LogP contribution in [0.3, 0.4) is 0 Å². The third-order valence-corrected chi connectivity index (χ3v) is 3.73. The summed E-state index contributed by atoms with van der Waals surface area (Å²) in [6.07, 6.45) is 4.64. The van der Waals surface area contributed by atoms with Crippen molar-refractivity contribution in [3.8, 4) is 0 Å². The van der Waals surface area contributed by atoms with E-state index in [2.05, 4.69) is 11.8 Å². The second kappa shape index (κ2) is 7.46. The average Bonchev–Trinajstić information content (AvgIpc) is 2.46. The Morgan fingerprint density at radius 2 is 2.05 bits per heavy atom. The molecule has 1 aromatic rings. The Bertz CT molecular complexity index is 479. The first-order valence-corrected chi connectivity index (χ1v) is 7.51. The van der Waals surface area contributed by atoms with Crippen LogP contribution in [-0.2, 0) is 4.79 Å². The van der Waals surface area contributed by atoms with Crippen molar-refractivity contribution >= 4 is 23.6 Å². The van der Waals surface area contributed by atoms with Gasteiger partial charge in [-0.15, -0.1) is 0 Å². The Balaban J connectivity index is 1.86. The zero-order chi connectivity index (χ0) is 14.4. The summed E-state index contributed by atoms with van der Waals surface area (Å²) in [5, 5.41) is 0.688. The van der Waals surface area contributed by atoms with E-state index in [-0.39, 0.29) is 5.91 Å². The average molecular weight is 293 g/mol. The Kier molecular flexibility index (Phi) is 5.62. The van der Waals surface area contributed by atoms with Crippen molar-refractivity contribution in [3.05, 3.63) is 40.9 Å². The van der Waals surface area contributed by atoms with E-state index in [1.54, 1.807) is 6.08 Å². The largest absolute Gasteiger partial charge is 0.337 e. The first-order valence-electron chi connectivity index (χ1n) is 7.14. The maximum atomic E-state index is 12.1. The van der Waals surface area contributed by atoms with Crippen molar-refractivity contribution in [2.24, 2.45) is 0 Å². The van der Waals surface area contributed by atoms with Gasteiger partial charge < -0.3 is 4.90 Å². The maximum absolute atomic E-state index is 12.1. The van der Waals surface area contributed by atoms with Crippen LogP contribution in [0.5, 0.6) is 0 Å². The molecule has 0 unspecified atom stereocenters. The molecule has 1 aromatic carbocycles. The number of benzene rings is 1.